The number of nitrogens with zero attached hydrogens (tertiary/aromatic N) is 3. The first-order chi connectivity index (χ1) is 8.56. The molecule has 18 heavy (non-hydrogen) atoms. The van der Waals surface area contributed by atoms with Crippen molar-refractivity contribution in [2.24, 2.45) is 0 Å². The fourth-order valence-corrected chi connectivity index (χ4v) is 2.25. The molecule has 2 rings (SSSR count). The highest BCUT2D eigenvalue weighted by Crippen LogP contribution is 2.25. The summed E-state index contributed by atoms with van der Waals surface area (Å²) < 4.78 is 1.43. The first-order valence-electron chi connectivity index (χ1n) is 5.66. The van der Waals surface area contributed by atoms with Crippen LogP contribution in [0.5, 0.6) is 0 Å². The van der Waals surface area contributed by atoms with Crippen molar-refractivity contribution in [1.29, 1.82) is 5.26 Å². The summed E-state index contributed by atoms with van der Waals surface area (Å²) in [4.78, 5) is 26.7. The summed E-state index contributed by atoms with van der Waals surface area (Å²) in [5, 5.41) is 18.1. The van der Waals surface area contributed by atoms with Crippen molar-refractivity contribution in [3.63, 3.8) is 0 Å². The molecule has 0 saturated carbocycles. The van der Waals surface area contributed by atoms with Crippen molar-refractivity contribution in [2.45, 2.75) is 25.4 Å². The van der Waals surface area contributed by atoms with E-state index in [9.17, 15) is 9.59 Å². The number of aliphatic hydroxyl groups is 1. The molecular formula is C11H14N4O3. The van der Waals surface area contributed by atoms with Crippen LogP contribution in [-0.4, -0.2) is 38.8 Å². The van der Waals surface area contributed by atoms with Gasteiger partial charge in [0, 0.05) is 18.3 Å². The molecule has 2 heterocycles. The lowest BCUT2D eigenvalue weighted by molar-refractivity contribution is 0.201. The SMILES string of the molecule is Cc1cn([C@@H]2C[C@H](CO)N(C#N)C2)c(=O)[nH]c1=O. The predicted molar refractivity (Wildman–Crippen MR) is 62.9 cm³/mol. The molecule has 1 aliphatic rings. The van der Waals surface area contributed by atoms with Crippen LogP contribution in [0, 0.1) is 18.4 Å². The Morgan fingerprint density at radius 2 is 2.33 bits per heavy atom. The molecule has 2 N–H and O–H groups in total. The molecule has 1 saturated heterocycles. The minimum atomic E-state index is -0.480. The Balaban J connectivity index is 2.35. The van der Waals surface area contributed by atoms with Gasteiger partial charge in [-0.25, -0.2) is 4.79 Å². The van der Waals surface area contributed by atoms with Gasteiger partial charge in [0.05, 0.1) is 18.7 Å². The van der Waals surface area contributed by atoms with Crippen molar-refractivity contribution >= 4 is 0 Å². The second-order valence-corrected chi connectivity index (χ2v) is 4.46. The molecule has 1 aromatic rings. The van der Waals surface area contributed by atoms with E-state index >= 15 is 0 Å². The van der Waals surface area contributed by atoms with Crippen LogP contribution < -0.4 is 11.2 Å². The summed E-state index contributed by atoms with van der Waals surface area (Å²) in [5.41, 5.74) is -0.428. The van der Waals surface area contributed by atoms with Crippen LogP contribution in [0.3, 0.4) is 0 Å². The number of nitrogens with one attached hydrogen (secondary N) is 1. The standard InChI is InChI=1S/C11H14N4O3/c1-7-3-15(11(18)13-10(7)17)8-2-9(5-16)14(4-8)6-12/h3,8-9,16H,2,4-5H2,1H3,(H,13,17,18)/t8-,9-/m1/s1. The predicted octanol–water partition coefficient (Wildman–Crippen LogP) is -1.07. The largest absolute Gasteiger partial charge is 0.394 e. The summed E-state index contributed by atoms with van der Waals surface area (Å²) in [6.07, 6.45) is 4.01. The zero-order valence-corrected chi connectivity index (χ0v) is 9.96. The molecular weight excluding hydrogens is 236 g/mol. The molecule has 7 nitrogen and oxygen atoms in total. The molecule has 2 atom stereocenters. The smallest absolute Gasteiger partial charge is 0.328 e. The van der Waals surface area contributed by atoms with E-state index in [1.54, 1.807) is 6.92 Å². The van der Waals surface area contributed by atoms with Gasteiger partial charge >= 0.3 is 5.69 Å². The number of hydrogen-bond acceptors (Lipinski definition) is 5. The van der Waals surface area contributed by atoms with Crippen molar-refractivity contribution < 1.29 is 5.11 Å². The topological polar surface area (TPSA) is 102 Å². The van der Waals surface area contributed by atoms with Gasteiger partial charge in [0.2, 0.25) is 0 Å². The van der Waals surface area contributed by atoms with E-state index in [0.717, 1.165) is 0 Å². The fraction of sp³-hybridized carbons (Fsp3) is 0.545. The lowest BCUT2D eigenvalue weighted by atomic mass is 10.2. The Kier molecular flexibility index (Phi) is 3.21. The molecule has 0 bridgehead atoms. The van der Waals surface area contributed by atoms with Gasteiger partial charge in [-0.1, -0.05) is 0 Å². The fourth-order valence-electron chi connectivity index (χ4n) is 2.25. The number of aryl methyl sites for hydroxylation is 1. The highest BCUT2D eigenvalue weighted by Gasteiger charge is 2.32. The van der Waals surface area contributed by atoms with Crippen LogP contribution in [0.15, 0.2) is 15.8 Å². The Labute approximate surface area is 103 Å². The number of likely N-dealkylation sites (tertiary alicyclic amines) is 1. The highest BCUT2D eigenvalue weighted by molar-refractivity contribution is 5.04. The van der Waals surface area contributed by atoms with E-state index in [2.05, 4.69) is 4.98 Å². The average molecular weight is 250 g/mol. The van der Waals surface area contributed by atoms with E-state index in [4.69, 9.17) is 10.4 Å². The first kappa shape index (κ1) is 12.4. The van der Waals surface area contributed by atoms with Gasteiger partial charge in [0.1, 0.15) is 0 Å². The molecule has 1 aromatic heterocycles. The van der Waals surface area contributed by atoms with Crippen LogP contribution in [-0.2, 0) is 0 Å². The third kappa shape index (κ3) is 2.02. The van der Waals surface area contributed by atoms with Crippen LogP contribution in [0.25, 0.3) is 0 Å². The summed E-state index contributed by atoms with van der Waals surface area (Å²) in [6.45, 7) is 1.86. The molecule has 96 valence electrons. The van der Waals surface area contributed by atoms with Crippen molar-refractivity contribution in [1.82, 2.24) is 14.5 Å². The van der Waals surface area contributed by atoms with Crippen LogP contribution >= 0.6 is 0 Å². The lowest BCUT2D eigenvalue weighted by Gasteiger charge is -2.14. The molecule has 0 radical (unpaired) electrons. The number of aromatic nitrogens is 2. The van der Waals surface area contributed by atoms with E-state index in [0.29, 0.717) is 18.5 Å². The summed E-state index contributed by atoms with van der Waals surface area (Å²) >= 11 is 0. The zero-order valence-electron chi connectivity index (χ0n) is 9.96. The number of nitriles is 1. The maximum absolute atomic E-state index is 11.7. The summed E-state index contributed by atoms with van der Waals surface area (Å²) in [7, 11) is 0. The van der Waals surface area contributed by atoms with Crippen molar-refractivity contribution in [3.05, 3.63) is 32.6 Å². The number of aliphatic hydroxyl groups excluding tert-OH is 1. The van der Waals surface area contributed by atoms with Crippen molar-refractivity contribution in [3.8, 4) is 6.19 Å². The maximum Gasteiger partial charge on any atom is 0.328 e. The van der Waals surface area contributed by atoms with Gasteiger partial charge in [0.25, 0.3) is 5.56 Å². The Morgan fingerprint density at radius 3 is 2.89 bits per heavy atom. The summed E-state index contributed by atoms with van der Waals surface area (Å²) in [5.74, 6) is 0. The number of rotatable bonds is 2. The van der Waals surface area contributed by atoms with Gasteiger partial charge in [-0.2, -0.15) is 5.26 Å². The van der Waals surface area contributed by atoms with Gasteiger partial charge in [-0.15, -0.1) is 0 Å². The molecule has 7 heteroatoms. The van der Waals surface area contributed by atoms with Gasteiger partial charge in [-0.05, 0) is 13.3 Å². The van der Waals surface area contributed by atoms with Crippen LogP contribution in [0.1, 0.15) is 18.0 Å². The van der Waals surface area contributed by atoms with E-state index in [1.165, 1.54) is 15.7 Å². The molecule has 0 aliphatic carbocycles. The third-order valence-electron chi connectivity index (χ3n) is 3.27. The molecule has 0 spiro atoms. The van der Waals surface area contributed by atoms with Gasteiger partial charge in [0.15, 0.2) is 6.19 Å². The highest BCUT2D eigenvalue weighted by atomic mass is 16.3. The van der Waals surface area contributed by atoms with E-state index < -0.39 is 11.2 Å². The Bertz CT molecular complexity index is 598. The average Bonchev–Trinajstić information content (AvgIpc) is 2.76. The maximum atomic E-state index is 11.7. The quantitative estimate of drug-likeness (QED) is 0.651. The van der Waals surface area contributed by atoms with E-state index in [-0.39, 0.29) is 18.7 Å². The van der Waals surface area contributed by atoms with Crippen LogP contribution in [0.4, 0.5) is 0 Å². The first-order valence-corrected chi connectivity index (χ1v) is 5.66. The molecule has 0 aromatic carbocycles. The van der Waals surface area contributed by atoms with Gasteiger partial charge < -0.3 is 10.0 Å². The Hall–Kier alpha value is -2.07. The normalized spacial score (nSPS) is 23.1. The number of aromatic amines is 1. The number of hydrogen-bond donors (Lipinski definition) is 2. The van der Waals surface area contributed by atoms with Crippen molar-refractivity contribution in [2.75, 3.05) is 13.2 Å². The number of H-pyrrole nitrogens is 1. The van der Waals surface area contributed by atoms with Crippen LogP contribution in [0.2, 0.25) is 0 Å². The summed E-state index contributed by atoms with van der Waals surface area (Å²) in [6, 6.07) is -0.469. The lowest BCUT2D eigenvalue weighted by Crippen LogP contribution is -2.34. The monoisotopic (exact) mass is 250 g/mol. The minimum absolute atomic E-state index is 0.124. The molecule has 1 aliphatic heterocycles. The zero-order chi connectivity index (χ0) is 13.3. The second-order valence-electron chi connectivity index (χ2n) is 4.46. The Morgan fingerprint density at radius 1 is 1.61 bits per heavy atom. The molecule has 0 amide bonds. The third-order valence-corrected chi connectivity index (χ3v) is 3.27. The molecule has 0 unspecified atom stereocenters. The second kappa shape index (κ2) is 4.66. The van der Waals surface area contributed by atoms with Gasteiger partial charge in [-0.3, -0.25) is 14.3 Å². The minimum Gasteiger partial charge on any atom is -0.394 e. The molecule has 1 fully saturated rings. The van der Waals surface area contributed by atoms with E-state index in [1.807, 2.05) is 6.19 Å².